The van der Waals surface area contributed by atoms with Crippen molar-refractivity contribution in [3.63, 3.8) is 0 Å². The smallest absolute Gasteiger partial charge is 0.333 e. The van der Waals surface area contributed by atoms with Crippen LogP contribution in [-0.4, -0.2) is 25.8 Å². The van der Waals surface area contributed by atoms with Crippen LogP contribution in [0.25, 0.3) is 11.5 Å². The summed E-state index contributed by atoms with van der Waals surface area (Å²) < 4.78 is 97.5. The van der Waals surface area contributed by atoms with E-state index in [0.717, 1.165) is 16.9 Å². The Bertz CT molecular complexity index is 1340. The average molecular weight is 499 g/mol. The van der Waals surface area contributed by atoms with Crippen molar-refractivity contribution in [2.24, 2.45) is 0 Å². The molecule has 1 N–H and O–H groups in total. The van der Waals surface area contributed by atoms with Crippen molar-refractivity contribution in [1.82, 2.24) is 19.9 Å². The largest absolute Gasteiger partial charge is 0.416 e. The molecule has 2 aromatic carbocycles. The van der Waals surface area contributed by atoms with Crippen LogP contribution in [0.3, 0.4) is 0 Å². The highest BCUT2D eigenvalue weighted by molar-refractivity contribution is 6.01. The molecule has 0 unspecified atom stereocenters. The zero-order chi connectivity index (χ0) is 25.4. The molecule has 182 valence electrons. The number of carbonyl (C=O) groups excluding carboxylic acids is 1. The third kappa shape index (κ3) is 5.65. The minimum atomic E-state index is -4.98. The van der Waals surface area contributed by atoms with Crippen LogP contribution >= 0.6 is 0 Å². The van der Waals surface area contributed by atoms with Crippen molar-refractivity contribution < 1.29 is 40.1 Å². The van der Waals surface area contributed by atoms with Crippen LogP contribution in [0.5, 0.6) is 0 Å². The maximum atomic E-state index is 13.3. The van der Waals surface area contributed by atoms with Gasteiger partial charge < -0.3 is 9.84 Å². The van der Waals surface area contributed by atoms with Crippen LogP contribution in [0.1, 0.15) is 27.3 Å². The van der Waals surface area contributed by atoms with Gasteiger partial charge in [0.05, 0.1) is 29.6 Å². The molecule has 0 radical (unpaired) electrons. The van der Waals surface area contributed by atoms with Crippen molar-refractivity contribution in [2.75, 3.05) is 5.32 Å². The predicted molar refractivity (Wildman–Crippen MR) is 105 cm³/mol. The summed E-state index contributed by atoms with van der Waals surface area (Å²) in [5, 5.41) is 9.71. The zero-order valence-electron chi connectivity index (χ0n) is 17.2. The van der Waals surface area contributed by atoms with Gasteiger partial charge in [0, 0.05) is 11.8 Å². The van der Waals surface area contributed by atoms with Gasteiger partial charge in [0.25, 0.3) is 17.6 Å². The highest BCUT2D eigenvalue weighted by atomic mass is 19.4. The number of nitrogens with one attached hydrogen (secondary N) is 1. The number of hydrogen-bond donors (Lipinski definition) is 1. The van der Waals surface area contributed by atoms with E-state index in [-0.39, 0.29) is 28.8 Å². The Labute approximate surface area is 191 Å². The Morgan fingerprint density at radius 1 is 1.00 bits per heavy atom. The van der Waals surface area contributed by atoms with E-state index in [0.29, 0.717) is 12.1 Å². The Morgan fingerprint density at radius 2 is 1.69 bits per heavy atom. The van der Waals surface area contributed by atoms with Crippen molar-refractivity contribution >= 4 is 11.6 Å². The quantitative estimate of drug-likeness (QED) is 0.371. The van der Waals surface area contributed by atoms with Gasteiger partial charge in [-0.05, 0) is 42.0 Å². The molecule has 0 saturated carbocycles. The summed E-state index contributed by atoms with van der Waals surface area (Å²) in [4.78, 5) is 16.2. The molecule has 4 rings (SSSR count). The van der Waals surface area contributed by atoms with E-state index in [1.165, 1.54) is 24.4 Å². The first-order valence-electron chi connectivity index (χ1n) is 9.60. The molecule has 0 aliphatic heterocycles. The molecule has 0 spiro atoms. The number of rotatable bonds is 5. The number of carbonyl (C=O) groups is 1. The van der Waals surface area contributed by atoms with Crippen LogP contribution in [-0.2, 0) is 18.9 Å². The van der Waals surface area contributed by atoms with E-state index >= 15 is 0 Å². The number of benzene rings is 2. The number of anilines is 1. The van der Waals surface area contributed by atoms with E-state index in [1.807, 2.05) is 0 Å². The van der Waals surface area contributed by atoms with Gasteiger partial charge in [-0.25, -0.2) is 4.39 Å². The summed E-state index contributed by atoms with van der Waals surface area (Å²) in [6.45, 7) is -0.436. The van der Waals surface area contributed by atoms with Crippen LogP contribution in [0, 0.1) is 5.82 Å². The number of aromatic nitrogens is 4. The van der Waals surface area contributed by atoms with Crippen molar-refractivity contribution in [3.8, 4) is 11.5 Å². The zero-order valence-corrected chi connectivity index (χ0v) is 17.2. The summed E-state index contributed by atoms with van der Waals surface area (Å²) >= 11 is 0. The Morgan fingerprint density at radius 3 is 2.31 bits per heavy atom. The van der Waals surface area contributed by atoms with Gasteiger partial charge in [0.15, 0.2) is 0 Å². The lowest BCUT2D eigenvalue weighted by molar-refractivity contribution is -0.143. The van der Waals surface area contributed by atoms with Gasteiger partial charge in [-0.15, -0.1) is 0 Å². The minimum Gasteiger partial charge on any atom is -0.333 e. The average Bonchev–Trinajstić information content (AvgIpc) is 3.42. The number of alkyl halides is 6. The van der Waals surface area contributed by atoms with E-state index in [9.17, 15) is 35.5 Å². The second-order valence-electron chi connectivity index (χ2n) is 7.23. The van der Waals surface area contributed by atoms with Crippen LogP contribution in [0.4, 0.5) is 36.4 Å². The molecule has 4 aromatic rings. The molecule has 0 fully saturated rings. The van der Waals surface area contributed by atoms with Gasteiger partial charge in [-0.1, -0.05) is 11.2 Å². The summed E-state index contributed by atoms with van der Waals surface area (Å²) in [7, 11) is 0. The second kappa shape index (κ2) is 8.85. The van der Waals surface area contributed by atoms with Gasteiger partial charge >= 0.3 is 12.4 Å². The maximum absolute atomic E-state index is 13.3. The number of halogens is 7. The molecular formula is C21H12F7N5O2. The highest BCUT2D eigenvalue weighted by Gasteiger charge is 2.36. The monoisotopic (exact) mass is 499 g/mol. The molecule has 0 bridgehead atoms. The molecule has 14 heteroatoms. The fraction of sp³-hybridized carbons (Fsp3) is 0.143. The van der Waals surface area contributed by atoms with Crippen molar-refractivity contribution in [3.05, 3.63) is 83.2 Å². The molecular weight excluding hydrogens is 487 g/mol. The Balaban J connectivity index is 1.49. The number of amides is 1. The van der Waals surface area contributed by atoms with Crippen molar-refractivity contribution in [1.29, 1.82) is 0 Å². The summed E-state index contributed by atoms with van der Waals surface area (Å²) in [5.41, 5.74) is -2.90. The molecule has 7 nitrogen and oxygen atoms in total. The Kier molecular flexibility index (Phi) is 6.05. The predicted octanol–water partition coefficient (Wildman–Crippen LogP) is 5.41. The minimum absolute atomic E-state index is 0.0290. The number of hydrogen-bond acceptors (Lipinski definition) is 5. The van der Waals surface area contributed by atoms with Gasteiger partial charge in [-0.3, -0.25) is 9.48 Å². The standard InChI is InChI=1S/C21H12F7N5O2/c22-15-3-1-2-12(6-15)19-31-17(32-35-19)18(34)30-16-8-29-33(10-16)9-11-4-13(20(23,24)25)7-14(5-11)21(26,27)28/h1-8,10H,9H2,(H,30,34). The summed E-state index contributed by atoms with van der Waals surface area (Å²) in [5.74, 6) is -1.91. The molecule has 0 aliphatic rings. The first-order valence-corrected chi connectivity index (χ1v) is 9.60. The maximum Gasteiger partial charge on any atom is 0.416 e. The van der Waals surface area contributed by atoms with Crippen molar-refractivity contribution in [2.45, 2.75) is 18.9 Å². The van der Waals surface area contributed by atoms with Crippen LogP contribution in [0.2, 0.25) is 0 Å². The molecule has 0 aliphatic carbocycles. The molecule has 35 heavy (non-hydrogen) atoms. The van der Waals surface area contributed by atoms with Gasteiger partial charge in [0.1, 0.15) is 5.82 Å². The SMILES string of the molecule is O=C(Nc1cnn(Cc2cc(C(F)(F)F)cc(C(F)(F)F)c2)c1)c1noc(-c2cccc(F)c2)n1. The van der Waals surface area contributed by atoms with E-state index in [1.54, 1.807) is 0 Å². The highest BCUT2D eigenvalue weighted by Crippen LogP contribution is 2.36. The lowest BCUT2D eigenvalue weighted by atomic mass is 10.0. The number of nitrogens with zero attached hydrogens (tertiary/aromatic N) is 4. The normalized spacial score (nSPS) is 12.1. The fourth-order valence-electron chi connectivity index (χ4n) is 3.05. The Hall–Kier alpha value is -4.23. The second-order valence-corrected chi connectivity index (χ2v) is 7.23. The molecule has 2 aromatic heterocycles. The topological polar surface area (TPSA) is 85.8 Å². The molecule has 2 heterocycles. The van der Waals surface area contributed by atoms with Crippen LogP contribution < -0.4 is 5.32 Å². The molecule has 0 atom stereocenters. The van der Waals surface area contributed by atoms with E-state index in [2.05, 4.69) is 20.6 Å². The third-order valence-electron chi connectivity index (χ3n) is 4.58. The summed E-state index contributed by atoms with van der Waals surface area (Å²) in [6, 6.07) is 6.42. The van der Waals surface area contributed by atoms with Gasteiger partial charge in [0.2, 0.25) is 0 Å². The summed E-state index contributed by atoms with van der Waals surface area (Å²) in [6.07, 6.45) is -7.63. The molecule has 0 saturated heterocycles. The molecule has 1 amide bonds. The van der Waals surface area contributed by atoms with E-state index in [4.69, 9.17) is 4.52 Å². The lowest BCUT2D eigenvalue weighted by Crippen LogP contribution is -2.13. The lowest BCUT2D eigenvalue weighted by Gasteiger charge is -2.14. The third-order valence-corrected chi connectivity index (χ3v) is 4.58. The van der Waals surface area contributed by atoms with Crippen LogP contribution in [0.15, 0.2) is 59.4 Å². The fourth-order valence-corrected chi connectivity index (χ4v) is 3.05. The van der Waals surface area contributed by atoms with E-state index < -0.39 is 47.6 Å². The first kappa shape index (κ1) is 23.9. The van der Waals surface area contributed by atoms with Gasteiger partial charge in [-0.2, -0.15) is 36.4 Å². The first-order chi connectivity index (χ1) is 16.4.